The highest BCUT2D eigenvalue weighted by Gasteiger charge is 2.47. The molecular weight excluding hydrogens is 1410 g/mol. The second kappa shape index (κ2) is 34.6. The second-order valence-electron chi connectivity index (χ2n) is 28.2. The molecule has 14 atom stereocenters. The normalized spacial score (nSPS) is 25.2. The Bertz CT molecular complexity index is 4110. The summed E-state index contributed by atoms with van der Waals surface area (Å²) in [6, 6.07) is 7.08. The Morgan fingerprint density at radius 1 is 0.638 bits per heavy atom. The van der Waals surface area contributed by atoms with Gasteiger partial charge in [-0.15, -0.1) is 0 Å². The lowest BCUT2D eigenvalue weighted by atomic mass is 9.84. The maximum Gasteiger partial charge on any atom is 0.246 e. The third-order valence-corrected chi connectivity index (χ3v) is 20.4. The van der Waals surface area contributed by atoms with E-state index >= 15 is 24.0 Å². The van der Waals surface area contributed by atoms with Crippen LogP contribution in [0.1, 0.15) is 188 Å². The summed E-state index contributed by atoms with van der Waals surface area (Å²) in [7, 11) is 0. The lowest BCUT2D eigenvalue weighted by Gasteiger charge is -2.39. The number of nitrogens with one attached hydrogen (secondary N) is 5. The first-order valence-corrected chi connectivity index (χ1v) is 36.3. The summed E-state index contributed by atoms with van der Waals surface area (Å²) in [4.78, 5) is 135. The van der Waals surface area contributed by atoms with Gasteiger partial charge in [-0.1, -0.05) is 108 Å². The number of amides is 6. The highest BCUT2D eigenvalue weighted by molar-refractivity contribution is 6.32. The molecule has 29 heteroatoms. The van der Waals surface area contributed by atoms with Crippen LogP contribution in [0.15, 0.2) is 78.9 Å². The van der Waals surface area contributed by atoms with Crippen molar-refractivity contribution >= 4 is 76.0 Å². The molecule has 0 aromatic heterocycles. The highest BCUT2D eigenvalue weighted by atomic mass is 35.5. The number of ether oxygens (including phenoxy) is 4. The minimum Gasteiger partial charge on any atom is -0.508 e. The molecule has 1 saturated carbocycles. The van der Waals surface area contributed by atoms with E-state index in [1.807, 2.05) is 13.8 Å². The van der Waals surface area contributed by atoms with E-state index < -0.39 is 198 Å². The largest absolute Gasteiger partial charge is 0.508 e. The molecule has 1 aliphatic carbocycles. The summed E-state index contributed by atoms with van der Waals surface area (Å²) in [5.41, 5.74) is -1.59. The van der Waals surface area contributed by atoms with Crippen molar-refractivity contribution in [2.75, 3.05) is 6.61 Å². The number of carbonyl (C=O) groups excluding carboxylic acids is 9. The number of halogens is 2. The van der Waals surface area contributed by atoms with E-state index in [2.05, 4.69) is 33.5 Å². The molecule has 2 fully saturated rings. The van der Waals surface area contributed by atoms with Gasteiger partial charge in [-0.2, -0.15) is 0 Å². The maximum atomic E-state index is 16.3. The van der Waals surface area contributed by atoms with E-state index in [0.29, 0.717) is 38.5 Å². The van der Waals surface area contributed by atoms with Gasteiger partial charge >= 0.3 is 0 Å². The third kappa shape index (κ3) is 18.7. The Balaban J connectivity index is 1.20. The van der Waals surface area contributed by atoms with Gasteiger partial charge in [0.2, 0.25) is 47.5 Å². The Morgan fingerprint density at radius 3 is 1.90 bits per heavy atom. The van der Waals surface area contributed by atoms with Gasteiger partial charge in [0.05, 0.1) is 28.5 Å². The number of hydrogen-bond donors (Lipinski definition) is 14. The van der Waals surface area contributed by atoms with E-state index in [-0.39, 0.29) is 85.2 Å². The minimum absolute atomic E-state index is 0.0178. The number of rotatable bonds is 21. The quantitative estimate of drug-likeness (QED) is 0.0311. The lowest BCUT2D eigenvalue weighted by Crippen LogP contribution is -2.60. The van der Waals surface area contributed by atoms with Gasteiger partial charge in [-0.05, 0) is 126 Å². The van der Waals surface area contributed by atoms with E-state index in [4.69, 9.17) is 42.1 Å². The van der Waals surface area contributed by atoms with Gasteiger partial charge in [0, 0.05) is 55.2 Å². The van der Waals surface area contributed by atoms with E-state index in [0.717, 1.165) is 68.5 Å². The average Bonchev–Trinajstić information content (AvgIpc) is 1.74. The van der Waals surface area contributed by atoms with Crippen LogP contribution in [0.4, 0.5) is 0 Å². The molecule has 564 valence electrons. The Labute approximate surface area is 615 Å². The van der Waals surface area contributed by atoms with Crippen LogP contribution in [0.3, 0.4) is 0 Å². The summed E-state index contributed by atoms with van der Waals surface area (Å²) < 4.78 is 25.4. The maximum absolute atomic E-state index is 16.3. The van der Waals surface area contributed by atoms with Crippen molar-refractivity contribution in [3.8, 4) is 57.1 Å². The van der Waals surface area contributed by atoms with Crippen LogP contribution in [0.5, 0.6) is 46.0 Å². The van der Waals surface area contributed by atoms with Crippen molar-refractivity contribution in [3.05, 3.63) is 117 Å². The summed E-state index contributed by atoms with van der Waals surface area (Å²) in [5.74, 6) is -17.7. The van der Waals surface area contributed by atoms with Crippen LogP contribution in [0, 0.1) is 23.7 Å². The van der Waals surface area contributed by atoms with Crippen LogP contribution >= 0.6 is 23.2 Å². The zero-order valence-electron chi connectivity index (χ0n) is 58.4. The number of aromatic hydroxyl groups is 3. The molecule has 0 unspecified atom stereocenters. The number of hydrogen-bond acceptors (Lipinski definition) is 22. The molecule has 6 heterocycles. The number of benzene rings is 5. The van der Waals surface area contributed by atoms with Crippen molar-refractivity contribution in [1.82, 2.24) is 26.6 Å². The SMILES string of the molecule is CCCCCCCCCC(=O)NC(=O)C[C@@H]1CC(=O)[C@H](NC(=O)[C@H](CC)CC(C)C)[C@H](O)c2ccc(c(Cl)c2)Oc2cc3cc(c2O[C@@H]2O[C@H](CO)[C@@H](O)[C@H](O)[C@H]2O)Oc2ccc(cc2Cl)[C@@H](O)[C@@H]2NC(=O)[C@H](CC(=O)[C@@H]3NC1=O)c1ccc(O)c(c1)-c1c(O)cc(O)cc1[C@@H](C(=O)CC1CC1)NC2=O. The zero-order chi connectivity index (χ0) is 75.8. The predicted octanol–water partition coefficient (Wildman–Crippen LogP) is 7.87. The molecule has 11 bridgehead atoms. The minimum atomic E-state index is -2.18. The van der Waals surface area contributed by atoms with Crippen molar-refractivity contribution in [2.24, 2.45) is 23.7 Å². The average molecular weight is 1500 g/mol. The topological polar surface area (TPSA) is 433 Å². The highest BCUT2D eigenvalue weighted by Crippen LogP contribution is 2.50. The monoisotopic (exact) mass is 1490 g/mol. The zero-order valence-corrected chi connectivity index (χ0v) is 59.9. The van der Waals surface area contributed by atoms with Crippen LogP contribution in [-0.4, -0.2) is 148 Å². The predicted molar refractivity (Wildman–Crippen MR) is 378 cm³/mol. The molecule has 6 amide bonds. The van der Waals surface area contributed by atoms with E-state index in [1.165, 1.54) is 42.5 Å². The summed E-state index contributed by atoms with van der Waals surface area (Å²) >= 11 is 14.2. The number of fused-ring (bicyclic) bond motifs is 15. The molecule has 7 aliphatic rings. The first kappa shape index (κ1) is 78.8. The van der Waals surface area contributed by atoms with Crippen LogP contribution < -0.4 is 40.8 Å². The Morgan fingerprint density at radius 2 is 1.28 bits per heavy atom. The fourth-order valence-electron chi connectivity index (χ4n) is 13.7. The summed E-state index contributed by atoms with van der Waals surface area (Å²) in [6.07, 6.45) is -9.14. The molecule has 5 aromatic rings. The van der Waals surface area contributed by atoms with Gasteiger partial charge in [-0.3, -0.25) is 48.5 Å². The number of imide groups is 1. The molecule has 0 radical (unpaired) electrons. The first-order chi connectivity index (χ1) is 50.0. The molecule has 0 spiro atoms. The van der Waals surface area contributed by atoms with Crippen LogP contribution in [0.2, 0.25) is 10.0 Å². The molecule has 105 heavy (non-hydrogen) atoms. The number of aliphatic hydroxyl groups is 6. The standard InChI is InChI=1S/C76H89Cl2N5O22/c1-5-7-8-9-10-11-12-13-59(91)79-60(92)30-42-27-52(89)64(82-72(98)37(6-2)22-35(3)4)66(93)39-17-20-54(47(77)25-39)102-56-28-41-29-57(71(56)105-76-70(97)69(96)68(95)58(34-84)104-76)103-55-21-18-40(26-48(55)78)67(94)65-75(101)81-63(51(88)23-36-14-15-36)46-31-43(85)32-50(87)61(46)45-24-38(16-19-49(45)86)44(74(100)83-65)33-53(90)62(41)80-73(42)99/h16-21,24-26,28-29,31-32,35-37,42,44,58,62-70,76,84-87,93-97H,5-15,22-23,27,30,33-34H2,1-4H3,(H,80,99)(H,81,101)(H,82,98)(H,83,100)(H,79,91,92)/t37-,42+,44-,58-,62-,63+,64+,65+,66-,67-,68-,69+,70-,76+/m1/s1. The van der Waals surface area contributed by atoms with Gasteiger partial charge in [0.15, 0.2) is 28.8 Å². The number of aliphatic hydroxyl groups excluding tert-OH is 6. The summed E-state index contributed by atoms with van der Waals surface area (Å²) in [6.45, 7) is 6.68. The molecule has 27 nitrogen and oxygen atoms in total. The van der Waals surface area contributed by atoms with Gasteiger partial charge < -0.3 is 86.2 Å². The van der Waals surface area contributed by atoms with Crippen LogP contribution in [0.25, 0.3) is 11.1 Å². The number of unbranched alkanes of at least 4 members (excludes halogenated alkanes) is 6. The Hall–Kier alpha value is -8.77. The molecular formula is C76H89Cl2N5O22. The van der Waals surface area contributed by atoms with Gasteiger partial charge in [-0.25, -0.2) is 0 Å². The van der Waals surface area contributed by atoms with Gasteiger partial charge in [0.1, 0.15) is 89.5 Å². The lowest BCUT2D eigenvalue weighted by molar-refractivity contribution is -0.277. The number of ketones is 3. The molecule has 14 N–H and O–H groups in total. The third-order valence-electron chi connectivity index (χ3n) is 19.8. The molecule has 1 saturated heterocycles. The molecule has 5 aromatic carbocycles. The van der Waals surface area contributed by atoms with Crippen molar-refractivity contribution in [2.45, 2.75) is 203 Å². The van der Waals surface area contributed by atoms with E-state index in [1.54, 1.807) is 6.92 Å². The number of phenols is 3. The van der Waals surface area contributed by atoms with Crippen LogP contribution in [-0.2, 0) is 47.9 Å². The van der Waals surface area contributed by atoms with E-state index in [9.17, 15) is 65.1 Å². The molecule has 6 aliphatic heterocycles. The van der Waals surface area contributed by atoms with Crippen molar-refractivity contribution < 1.29 is 108 Å². The Kier molecular flexibility index (Phi) is 26.0. The second-order valence-corrected chi connectivity index (χ2v) is 29.0. The van der Waals surface area contributed by atoms with Crippen molar-refractivity contribution in [1.29, 1.82) is 0 Å². The smallest absolute Gasteiger partial charge is 0.246 e. The summed E-state index contributed by atoms with van der Waals surface area (Å²) in [5, 5.41) is 116. The van der Waals surface area contributed by atoms with Crippen molar-refractivity contribution in [3.63, 3.8) is 0 Å². The van der Waals surface area contributed by atoms with Gasteiger partial charge in [0.25, 0.3) is 0 Å². The number of phenolic OH excluding ortho intramolecular Hbond substituents is 3. The molecule has 12 rings (SSSR count). The first-order valence-electron chi connectivity index (χ1n) is 35.5. The number of Topliss-reactive ketones (excluding diaryl/α,β-unsaturated/α-hetero) is 3. The number of carbonyl (C=O) groups is 9. The fraction of sp³-hybridized carbons (Fsp3) is 0.487. The fourth-order valence-corrected chi connectivity index (χ4v) is 14.2.